The monoisotopic (exact) mass is 295 g/mol. The molecule has 1 aromatic carbocycles. The second-order valence-electron chi connectivity index (χ2n) is 4.76. The molecule has 0 bridgehead atoms. The number of amides is 2. The van der Waals surface area contributed by atoms with Gasteiger partial charge in [0.15, 0.2) is 0 Å². The van der Waals surface area contributed by atoms with Crippen LogP contribution in [0.4, 0.5) is 0 Å². The van der Waals surface area contributed by atoms with Gasteiger partial charge in [0.1, 0.15) is 0 Å². The van der Waals surface area contributed by atoms with Crippen LogP contribution in [-0.4, -0.2) is 48.9 Å². The number of likely N-dealkylation sites (N-methyl/N-ethyl adjacent to an activating group) is 1. The number of carbonyl (C=O) groups excluding carboxylic acids is 2. The first kappa shape index (κ1) is 15.0. The first-order valence-electron chi connectivity index (χ1n) is 6.64. The maximum absolute atomic E-state index is 11.9. The molecule has 0 saturated carbocycles. The molecule has 0 radical (unpaired) electrons. The molecule has 2 amide bonds. The molecule has 6 heteroatoms. The van der Waals surface area contributed by atoms with E-state index in [1.54, 1.807) is 24.3 Å². The Balaban J connectivity index is 1.87. The zero-order valence-corrected chi connectivity index (χ0v) is 12.1. The molecule has 108 valence electrons. The lowest BCUT2D eigenvalue weighted by Gasteiger charge is -2.37. The van der Waals surface area contributed by atoms with Gasteiger partial charge in [-0.2, -0.15) is 0 Å². The Labute approximate surface area is 123 Å². The summed E-state index contributed by atoms with van der Waals surface area (Å²) in [6, 6.07) is 6.83. The molecule has 1 aliphatic heterocycles. The molecule has 1 fully saturated rings. The van der Waals surface area contributed by atoms with Crippen molar-refractivity contribution in [2.45, 2.75) is 13.0 Å². The first-order valence-corrected chi connectivity index (χ1v) is 7.02. The summed E-state index contributed by atoms with van der Waals surface area (Å²) in [5.41, 5.74) is 0.427. The summed E-state index contributed by atoms with van der Waals surface area (Å²) in [4.78, 5) is 25.8. The van der Waals surface area contributed by atoms with Crippen molar-refractivity contribution in [1.29, 1.82) is 0 Å². The summed E-state index contributed by atoms with van der Waals surface area (Å²) < 4.78 is 0. The van der Waals surface area contributed by atoms with Crippen molar-refractivity contribution >= 4 is 23.4 Å². The zero-order chi connectivity index (χ0) is 14.5. The normalized spacial score (nSPS) is 14.9. The second kappa shape index (κ2) is 6.83. The van der Waals surface area contributed by atoms with Crippen molar-refractivity contribution in [2.75, 3.05) is 26.2 Å². The number of nitrogens with zero attached hydrogens (tertiary/aromatic N) is 1. The molecular weight excluding hydrogens is 278 g/mol. The number of carbonyl (C=O) groups is 2. The Bertz CT molecular complexity index is 486. The van der Waals surface area contributed by atoms with Gasteiger partial charge in [-0.25, -0.2) is 0 Å². The van der Waals surface area contributed by atoms with Crippen molar-refractivity contribution in [2.24, 2.45) is 0 Å². The molecule has 0 spiro atoms. The zero-order valence-electron chi connectivity index (χ0n) is 11.4. The van der Waals surface area contributed by atoms with Crippen molar-refractivity contribution in [3.8, 4) is 0 Å². The minimum atomic E-state index is -0.394. The molecule has 0 aromatic heterocycles. The van der Waals surface area contributed by atoms with E-state index < -0.39 is 5.91 Å². The van der Waals surface area contributed by atoms with E-state index in [1.165, 1.54) is 0 Å². The standard InChI is InChI=1S/C14H18ClN3O2/c1-2-18(12-7-16-8-12)9-13(19)17-14(20)10-3-5-11(15)6-4-10/h3-6,12,16H,2,7-9H2,1H3,(H,17,19,20). The van der Waals surface area contributed by atoms with Crippen LogP contribution < -0.4 is 10.6 Å². The van der Waals surface area contributed by atoms with Crippen LogP contribution in [0.25, 0.3) is 0 Å². The van der Waals surface area contributed by atoms with Crippen LogP contribution in [-0.2, 0) is 4.79 Å². The summed E-state index contributed by atoms with van der Waals surface area (Å²) in [6.07, 6.45) is 0. The van der Waals surface area contributed by atoms with Gasteiger partial charge in [-0.05, 0) is 30.8 Å². The predicted octanol–water partition coefficient (Wildman–Crippen LogP) is 0.890. The number of halogens is 1. The number of hydrogen-bond donors (Lipinski definition) is 2. The fourth-order valence-corrected chi connectivity index (χ4v) is 2.18. The maximum Gasteiger partial charge on any atom is 0.257 e. The molecule has 20 heavy (non-hydrogen) atoms. The highest BCUT2D eigenvalue weighted by molar-refractivity contribution is 6.30. The average molecular weight is 296 g/mol. The smallest absolute Gasteiger partial charge is 0.257 e. The van der Waals surface area contributed by atoms with E-state index in [9.17, 15) is 9.59 Å². The highest BCUT2D eigenvalue weighted by Crippen LogP contribution is 2.09. The van der Waals surface area contributed by atoms with Gasteiger partial charge >= 0.3 is 0 Å². The molecule has 0 aliphatic carbocycles. The van der Waals surface area contributed by atoms with E-state index in [4.69, 9.17) is 11.6 Å². The van der Waals surface area contributed by atoms with E-state index in [0.717, 1.165) is 19.6 Å². The predicted molar refractivity (Wildman–Crippen MR) is 77.8 cm³/mol. The summed E-state index contributed by atoms with van der Waals surface area (Å²) in [6.45, 7) is 4.82. The molecule has 1 saturated heterocycles. The molecule has 2 N–H and O–H groups in total. The minimum absolute atomic E-state index is 0.238. The summed E-state index contributed by atoms with van der Waals surface area (Å²) >= 11 is 5.76. The molecule has 1 aromatic rings. The second-order valence-corrected chi connectivity index (χ2v) is 5.20. The van der Waals surface area contributed by atoms with Gasteiger partial charge in [0.25, 0.3) is 5.91 Å². The third kappa shape index (κ3) is 3.79. The van der Waals surface area contributed by atoms with Gasteiger partial charge in [0.2, 0.25) is 5.91 Å². The van der Waals surface area contributed by atoms with Crippen LogP contribution in [0.1, 0.15) is 17.3 Å². The fraction of sp³-hybridized carbons (Fsp3) is 0.429. The van der Waals surface area contributed by atoms with Crippen LogP contribution in [0.5, 0.6) is 0 Å². The van der Waals surface area contributed by atoms with Gasteiger partial charge in [-0.1, -0.05) is 18.5 Å². The van der Waals surface area contributed by atoms with Gasteiger partial charge in [0, 0.05) is 29.7 Å². The molecule has 5 nitrogen and oxygen atoms in total. The van der Waals surface area contributed by atoms with Crippen molar-refractivity contribution in [3.05, 3.63) is 34.9 Å². The number of rotatable bonds is 5. The molecule has 2 rings (SSSR count). The SMILES string of the molecule is CCN(CC(=O)NC(=O)c1ccc(Cl)cc1)C1CNC1. The first-order chi connectivity index (χ1) is 9.60. The van der Waals surface area contributed by atoms with Gasteiger partial charge in [-0.3, -0.25) is 19.8 Å². The Morgan fingerprint density at radius 1 is 1.35 bits per heavy atom. The van der Waals surface area contributed by atoms with E-state index in [2.05, 4.69) is 15.5 Å². The summed E-state index contributed by atoms with van der Waals surface area (Å²) in [5.74, 6) is -0.673. The Morgan fingerprint density at radius 3 is 2.50 bits per heavy atom. The van der Waals surface area contributed by atoms with Crippen molar-refractivity contribution in [1.82, 2.24) is 15.5 Å². The molecular formula is C14H18ClN3O2. The lowest BCUT2D eigenvalue weighted by Crippen LogP contribution is -2.59. The van der Waals surface area contributed by atoms with Crippen molar-refractivity contribution < 1.29 is 9.59 Å². The van der Waals surface area contributed by atoms with Gasteiger partial charge in [-0.15, -0.1) is 0 Å². The van der Waals surface area contributed by atoms with Crippen LogP contribution in [0.15, 0.2) is 24.3 Å². The third-order valence-electron chi connectivity index (χ3n) is 3.39. The Hall–Kier alpha value is -1.43. The van der Waals surface area contributed by atoms with Gasteiger partial charge in [0.05, 0.1) is 6.54 Å². The van der Waals surface area contributed by atoms with Crippen LogP contribution in [0, 0.1) is 0 Å². The average Bonchev–Trinajstić information content (AvgIpc) is 2.36. The Kier molecular flexibility index (Phi) is 5.11. The molecule has 0 atom stereocenters. The van der Waals surface area contributed by atoms with E-state index in [-0.39, 0.29) is 12.5 Å². The van der Waals surface area contributed by atoms with Gasteiger partial charge < -0.3 is 5.32 Å². The van der Waals surface area contributed by atoms with E-state index >= 15 is 0 Å². The topological polar surface area (TPSA) is 61.4 Å². The quantitative estimate of drug-likeness (QED) is 0.847. The van der Waals surface area contributed by atoms with Crippen LogP contribution >= 0.6 is 11.6 Å². The number of hydrogen-bond acceptors (Lipinski definition) is 4. The lowest BCUT2D eigenvalue weighted by atomic mass is 10.1. The minimum Gasteiger partial charge on any atom is -0.314 e. The maximum atomic E-state index is 11.9. The fourth-order valence-electron chi connectivity index (χ4n) is 2.05. The highest BCUT2D eigenvalue weighted by Gasteiger charge is 2.25. The van der Waals surface area contributed by atoms with E-state index in [1.807, 2.05) is 6.92 Å². The lowest BCUT2D eigenvalue weighted by molar-refractivity contribution is -0.122. The third-order valence-corrected chi connectivity index (χ3v) is 3.64. The number of nitrogens with one attached hydrogen (secondary N) is 2. The number of benzene rings is 1. The van der Waals surface area contributed by atoms with Crippen LogP contribution in [0.2, 0.25) is 5.02 Å². The highest BCUT2D eigenvalue weighted by atomic mass is 35.5. The molecule has 0 unspecified atom stereocenters. The summed E-state index contributed by atoms with van der Waals surface area (Å²) in [7, 11) is 0. The number of imide groups is 1. The van der Waals surface area contributed by atoms with Crippen LogP contribution in [0.3, 0.4) is 0 Å². The largest absolute Gasteiger partial charge is 0.314 e. The molecule has 1 aliphatic rings. The van der Waals surface area contributed by atoms with E-state index in [0.29, 0.717) is 16.6 Å². The van der Waals surface area contributed by atoms with Crippen molar-refractivity contribution in [3.63, 3.8) is 0 Å². The Morgan fingerprint density at radius 2 is 2.00 bits per heavy atom. The summed E-state index contributed by atoms with van der Waals surface area (Å²) in [5, 5.41) is 6.13. The molecule has 1 heterocycles.